The van der Waals surface area contributed by atoms with Gasteiger partial charge in [0.05, 0.1) is 17.0 Å². The minimum absolute atomic E-state index is 0.0333. The SMILES string of the molecule is O=C(Cc1csc(-c2ccccc2)n1)NCc1ccc([N+](=O)[O-])cc1. The molecule has 1 heterocycles. The zero-order valence-corrected chi connectivity index (χ0v) is 14.0. The van der Waals surface area contributed by atoms with E-state index < -0.39 is 4.92 Å². The summed E-state index contributed by atoms with van der Waals surface area (Å²) in [6.07, 6.45) is 0.205. The van der Waals surface area contributed by atoms with Gasteiger partial charge in [-0.3, -0.25) is 14.9 Å². The van der Waals surface area contributed by atoms with Crippen molar-refractivity contribution >= 4 is 22.9 Å². The van der Waals surface area contributed by atoms with Gasteiger partial charge in [0.15, 0.2) is 0 Å². The fourth-order valence-electron chi connectivity index (χ4n) is 2.26. The number of nitrogens with one attached hydrogen (secondary N) is 1. The maximum absolute atomic E-state index is 12.1. The first-order chi connectivity index (χ1) is 12.1. The van der Waals surface area contributed by atoms with E-state index in [2.05, 4.69) is 10.3 Å². The van der Waals surface area contributed by atoms with E-state index in [0.29, 0.717) is 6.54 Å². The van der Waals surface area contributed by atoms with Crippen LogP contribution in [0.15, 0.2) is 60.0 Å². The Kier molecular flexibility index (Phi) is 5.15. The van der Waals surface area contributed by atoms with Crippen molar-refractivity contribution in [1.82, 2.24) is 10.3 Å². The van der Waals surface area contributed by atoms with E-state index >= 15 is 0 Å². The van der Waals surface area contributed by atoms with Crippen LogP contribution in [0, 0.1) is 10.1 Å². The molecule has 0 fully saturated rings. The highest BCUT2D eigenvalue weighted by Crippen LogP contribution is 2.23. The number of benzene rings is 2. The highest BCUT2D eigenvalue weighted by molar-refractivity contribution is 7.13. The Balaban J connectivity index is 1.54. The molecule has 3 aromatic rings. The van der Waals surface area contributed by atoms with Gasteiger partial charge in [-0.15, -0.1) is 11.3 Å². The predicted octanol–water partition coefficient (Wildman–Crippen LogP) is 3.58. The summed E-state index contributed by atoms with van der Waals surface area (Å²) in [6.45, 7) is 0.326. The van der Waals surface area contributed by atoms with Crippen molar-refractivity contribution in [1.29, 1.82) is 0 Å². The Morgan fingerprint density at radius 2 is 1.84 bits per heavy atom. The number of hydrogen-bond donors (Lipinski definition) is 1. The second-order valence-electron chi connectivity index (χ2n) is 5.39. The zero-order chi connectivity index (χ0) is 17.6. The first-order valence-corrected chi connectivity index (χ1v) is 8.49. The summed E-state index contributed by atoms with van der Waals surface area (Å²) >= 11 is 1.51. The lowest BCUT2D eigenvalue weighted by Crippen LogP contribution is -2.24. The van der Waals surface area contributed by atoms with E-state index in [4.69, 9.17) is 0 Å². The minimum atomic E-state index is -0.449. The summed E-state index contributed by atoms with van der Waals surface area (Å²) < 4.78 is 0. The first-order valence-electron chi connectivity index (χ1n) is 7.61. The van der Waals surface area contributed by atoms with Crippen LogP contribution >= 0.6 is 11.3 Å². The molecule has 126 valence electrons. The third kappa shape index (κ3) is 4.48. The van der Waals surface area contributed by atoms with Gasteiger partial charge in [-0.05, 0) is 5.56 Å². The van der Waals surface area contributed by atoms with E-state index in [1.165, 1.54) is 23.5 Å². The summed E-state index contributed by atoms with van der Waals surface area (Å²) in [5, 5.41) is 16.2. The van der Waals surface area contributed by atoms with Crippen LogP contribution in [0.3, 0.4) is 0 Å². The number of hydrogen-bond acceptors (Lipinski definition) is 5. The summed E-state index contributed by atoms with van der Waals surface area (Å²) in [5.41, 5.74) is 2.60. The number of nitro benzene ring substituents is 1. The number of aromatic nitrogens is 1. The van der Waals surface area contributed by atoms with Crippen LogP contribution in [0.4, 0.5) is 5.69 Å². The van der Waals surface area contributed by atoms with Crippen molar-refractivity contribution < 1.29 is 9.72 Å². The predicted molar refractivity (Wildman–Crippen MR) is 96.2 cm³/mol. The van der Waals surface area contributed by atoms with Gasteiger partial charge < -0.3 is 5.32 Å². The van der Waals surface area contributed by atoms with Crippen molar-refractivity contribution in [3.8, 4) is 10.6 Å². The van der Waals surface area contributed by atoms with E-state index in [-0.39, 0.29) is 18.0 Å². The number of thiazole rings is 1. The molecule has 0 saturated carbocycles. The van der Waals surface area contributed by atoms with E-state index in [1.54, 1.807) is 12.1 Å². The molecule has 0 aliphatic heterocycles. The van der Waals surface area contributed by atoms with E-state index in [0.717, 1.165) is 21.8 Å². The lowest BCUT2D eigenvalue weighted by Gasteiger charge is -2.04. The fourth-order valence-corrected chi connectivity index (χ4v) is 3.09. The van der Waals surface area contributed by atoms with E-state index in [1.807, 2.05) is 35.7 Å². The average Bonchev–Trinajstić information content (AvgIpc) is 3.09. The molecule has 0 bridgehead atoms. The van der Waals surface area contributed by atoms with Crippen LogP contribution < -0.4 is 5.32 Å². The van der Waals surface area contributed by atoms with Gasteiger partial charge >= 0.3 is 0 Å². The maximum atomic E-state index is 12.1. The molecule has 0 unspecified atom stereocenters. The van der Waals surface area contributed by atoms with Gasteiger partial charge in [0.25, 0.3) is 5.69 Å². The Bertz CT molecular complexity index is 876. The fraction of sp³-hybridized carbons (Fsp3) is 0.111. The molecule has 0 aliphatic carbocycles. The van der Waals surface area contributed by atoms with Gasteiger partial charge in [-0.1, -0.05) is 42.5 Å². The monoisotopic (exact) mass is 353 g/mol. The summed E-state index contributed by atoms with van der Waals surface area (Å²) in [4.78, 5) is 26.7. The lowest BCUT2D eigenvalue weighted by atomic mass is 10.2. The number of non-ortho nitro benzene ring substituents is 1. The normalized spacial score (nSPS) is 10.4. The Labute approximate surface area is 148 Å². The molecule has 0 saturated heterocycles. The standard InChI is InChI=1S/C18H15N3O3S/c22-17(19-11-13-6-8-16(9-7-13)21(23)24)10-15-12-25-18(20-15)14-4-2-1-3-5-14/h1-9,12H,10-11H2,(H,19,22). The van der Waals surface area contributed by atoms with Crippen molar-refractivity contribution in [2.24, 2.45) is 0 Å². The molecule has 0 aliphatic rings. The van der Waals surface area contributed by atoms with Crippen molar-refractivity contribution in [2.45, 2.75) is 13.0 Å². The van der Waals surface area contributed by atoms with Crippen LogP contribution in [-0.2, 0) is 17.8 Å². The zero-order valence-electron chi connectivity index (χ0n) is 13.2. The van der Waals surface area contributed by atoms with Crippen LogP contribution in [0.1, 0.15) is 11.3 Å². The molecule has 1 amide bonds. The number of carbonyl (C=O) groups excluding carboxylic acids is 1. The van der Waals surface area contributed by atoms with Gasteiger partial charge in [0, 0.05) is 29.6 Å². The maximum Gasteiger partial charge on any atom is 0.269 e. The topological polar surface area (TPSA) is 85.1 Å². The van der Waals surface area contributed by atoms with E-state index in [9.17, 15) is 14.9 Å². The largest absolute Gasteiger partial charge is 0.352 e. The molecule has 7 heteroatoms. The molecule has 0 spiro atoms. The van der Waals surface area contributed by atoms with Gasteiger partial charge in [0.2, 0.25) is 5.91 Å². The molecule has 1 aromatic heterocycles. The van der Waals surface area contributed by atoms with Crippen LogP contribution in [0.2, 0.25) is 0 Å². The Hall–Kier alpha value is -3.06. The molecule has 0 radical (unpaired) electrons. The van der Waals surface area contributed by atoms with Gasteiger partial charge in [-0.25, -0.2) is 4.98 Å². The molecule has 3 rings (SSSR count). The molecular formula is C18H15N3O3S. The summed E-state index contributed by atoms with van der Waals surface area (Å²) in [7, 11) is 0. The number of nitrogens with zero attached hydrogens (tertiary/aromatic N) is 2. The van der Waals surface area contributed by atoms with Crippen molar-refractivity contribution in [2.75, 3.05) is 0 Å². The Morgan fingerprint density at radius 3 is 2.52 bits per heavy atom. The number of carbonyl (C=O) groups is 1. The molecule has 25 heavy (non-hydrogen) atoms. The first kappa shape index (κ1) is 16.8. The number of amides is 1. The van der Waals surface area contributed by atoms with Gasteiger partial charge in [0.1, 0.15) is 5.01 Å². The quantitative estimate of drug-likeness (QED) is 0.542. The highest BCUT2D eigenvalue weighted by atomic mass is 32.1. The average molecular weight is 353 g/mol. The van der Waals surface area contributed by atoms with Crippen LogP contribution in [0.5, 0.6) is 0 Å². The molecular weight excluding hydrogens is 338 g/mol. The molecule has 2 aromatic carbocycles. The smallest absolute Gasteiger partial charge is 0.269 e. The highest BCUT2D eigenvalue weighted by Gasteiger charge is 2.09. The molecule has 0 atom stereocenters. The number of nitro groups is 1. The Morgan fingerprint density at radius 1 is 1.12 bits per heavy atom. The number of rotatable bonds is 6. The molecule has 6 nitrogen and oxygen atoms in total. The minimum Gasteiger partial charge on any atom is -0.352 e. The second-order valence-corrected chi connectivity index (χ2v) is 6.25. The third-order valence-corrected chi connectivity index (χ3v) is 4.49. The van der Waals surface area contributed by atoms with Crippen molar-refractivity contribution in [3.05, 3.63) is 81.3 Å². The van der Waals surface area contributed by atoms with Crippen LogP contribution in [0.25, 0.3) is 10.6 Å². The summed E-state index contributed by atoms with van der Waals surface area (Å²) in [6, 6.07) is 15.9. The van der Waals surface area contributed by atoms with Gasteiger partial charge in [-0.2, -0.15) is 0 Å². The lowest BCUT2D eigenvalue weighted by molar-refractivity contribution is -0.384. The molecule has 1 N–H and O–H groups in total. The second kappa shape index (κ2) is 7.67. The van der Waals surface area contributed by atoms with Crippen molar-refractivity contribution in [3.63, 3.8) is 0 Å². The third-order valence-electron chi connectivity index (χ3n) is 3.55. The van der Waals surface area contributed by atoms with Crippen LogP contribution in [-0.4, -0.2) is 15.8 Å². The summed E-state index contributed by atoms with van der Waals surface area (Å²) in [5.74, 6) is -0.136.